The maximum absolute atomic E-state index is 12.8. The van der Waals surface area contributed by atoms with E-state index in [0.717, 1.165) is 16.0 Å². The van der Waals surface area contributed by atoms with Gasteiger partial charge in [-0.1, -0.05) is 23.7 Å². The predicted molar refractivity (Wildman–Crippen MR) is 95.7 cm³/mol. The SMILES string of the molecule is CCOC(=O)Cn1cnc2sc(C)c(-c3ccc(Cl)cc3)c2c1=O. The second-order valence-corrected chi connectivity index (χ2v) is 6.84. The normalized spacial score (nSPS) is 11.0. The summed E-state index contributed by atoms with van der Waals surface area (Å²) in [6.45, 7) is 3.80. The summed E-state index contributed by atoms with van der Waals surface area (Å²) in [5, 5.41) is 1.15. The van der Waals surface area contributed by atoms with Crippen LogP contribution in [0.1, 0.15) is 11.8 Å². The Bertz CT molecular complexity index is 960. The van der Waals surface area contributed by atoms with E-state index in [0.29, 0.717) is 15.2 Å². The van der Waals surface area contributed by atoms with Crippen molar-refractivity contribution in [3.8, 4) is 11.1 Å². The molecule has 0 fully saturated rings. The van der Waals surface area contributed by atoms with E-state index in [4.69, 9.17) is 16.3 Å². The van der Waals surface area contributed by atoms with Crippen molar-refractivity contribution in [2.24, 2.45) is 0 Å². The summed E-state index contributed by atoms with van der Waals surface area (Å²) >= 11 is 7.40. The molecule has 0 atom stereocenters. The van der Waals surface area contributed by atoms with Crippen LogP contribution in [0.25, 0.3) is 21.3 Å². The summed E-state index contributed by atoms with van der Waals surface area (Å²) in [5.74, 6) is -0.458. The third-order valence-corrected chi connectivity index (χ3v) is 4.86. The number of carbonyl (C=O) groups is 1. The molecule has 0 aliphatic carbocycles. The highest BCUT2D eigenvalue weighted by Crippen LogP contribution is 2.35. The maximum Gasteiger partial charge on any atom is 0.326 e. The van der Waals surface area contributed by atoms with E-state index in [1.165, 1.54) is 22.2 Å². The van der Waals surface area contributed by atoms with Crippen LogP contribution < -0.4 is 5.56 Å². The Morgan fingerprint density at radius 1 is 1.33 bits per heavy atom. The van der Waals surface area contributed by atoms with Gasteiger partial charge in [0.25, 0.3) is 5.56 Å². The molecule has 5 nitrogen and oxygen atoms in total. The smallest absolute Gasteiger partial charge is 0.326 e. The number of fused-ring (bicyclic) bond motifs is 1. The van der Waals surface area contributed by atoms with Gasteiger partial charge in [0.1, 0.15) is 11.4 Å². The molecule has 7 heteroatoms. The average Bonchev–Trinajstić information content (AvgIpc) is 2.88. The molecular weight excluding hydrogens is 348 g/mol. The number of rotatable bonds is 4. The Morgan fingerprint density at radius 2 is 2.04 bits per heavy atom. The van der Waals surface area contributed by atoms with Gasteiger partial charge >= 0.3 is 5.97 Å². The van der Waals surface area contributed by atoms with Crippen molar-refractivity contribution in [2.45, 2.75) is 20.4 Å². The molecule has 0 spiro atoms. The van der Waals surface area contributed by atoms with E-state index in [9.17, 15) is 9.59 Å². The maximum atomic E-state index is 12.8. The van der Waals surface area contributed by atoms with E-state index in [2.05, 4.69) is 4.98 Å². The van der Waals surface area contributed by atoms with E-state index >= 15 is 0 Å². The van der Waals surface area contributed by atoms with Crippen LogP contribution in [-0.2, 0) is 16.1 Å². The van der Waals surface area contributed by atoms with Crippen molar-refractivity contribution in [1.82, 2.24) is 9.55 Å². The Kier molecular flexibility index (Phi) is 4.69. The number of ether oxygens (including phenoxy) is 1. The number of hydrogen-bond donors (Lipinski definition) is 0. The third kappa shape index (κ3) is 3.07. The van der Waals surface area contributed by atoms with E-state index in [-0.39, 0.29) is 18.7 Å². The number of aromatic nitrogens is 2. The molecule has 3 rings (SSSR count). The second-order valence-electron chi connectivity index (χ2n) is 5.20. The lowest BCUT2D eigenvalue weighted by molar-refractivity contribution is -0.143. The Morgan fingerprint density at radius 3 is 2.71 bits per heavy atom. The van der Waals surface area contributed by atoms with Crippen LogP contribution in [0.15, 0.2) is 35.4 Å². The quantitative estimate of drug-likeness (QED) is 0.665. The number of benzene rings is 1. The van der Waals surface area contributed by atoms with Crippen LogP contribution >= 0.6 is 22.9 Å². The van der Waals surface area contributed by atoms with E-state index in [1.807, 2.05) is 19.1 Å². The second kappa shape index (κ2) is 6.75. The Balaban J connectivity index is 2.16. The Labute approximate surface area is 147 Å². The van der Waals surface area contributed by atoms with Crippen LogP contribution in [-0.4, -0.2) is 22.1 Å². The zero-order chi connectivity index (χ0) is 17.3. The zero-order valence-electron chi connectivity index (χ0n) is 13.2. The first-order valence-corrected chi connectivity index (χ1v) is 8.60. The highest BCUT2D eigenvalue weighted by Gasteiger charge is 2.18. The molecule has 0 aliphatic rings. The molecule has 0 saturated heterocycles. The van der Waals surface area contributed by atoms with Crippen LogP contribution in [0.4, 0.5) is 0 Å². The van der Waals surface area contributed by atoms with Gasteiger partial charge in [-0.05, 0) is 31.5 Å². The zero-order valence-corrected chi connectivity index (χ0v) is 14.8. The third-order valence-electron chi connectivity index (χ3n) is 3.59. The lowest BCUT2D eigenvalue weighted by atomic mass is 10.0. The molecule has 124 valence electrons. The first kappa shape index (κ1) is 16.7. The molecule has 0 N–H and O–H groups in total. The molecule has 2 aromatic heterocycles. The van der Waals surface area contributed by atoms with Gasteiger partial charge in [0.05, 0.1) is 18.3 Å². The van der Waals surface area contributed by atoms with Gasteiger partial charge in [0.2, 0.25) is 0 Å². The number of esters is 1. The number of hydrogen-bond acceptors (Lipinski definition) is 5. The molecule has 0 bridgehead atoms. The van der Waals surface area contributed by atoms with Crippen molar-refractivity contribution in [3.05, 3.63) is 50.8 Å². The fourth-order valence-electron chi connectivity index (χ4n) is 2.56. The molecule has 2 heterocycles. The van der Waals surface area contributed by atoms with E-state index in [1.54, 1.807) is 19.1 Å². The minimum atomic E-state index is -0.458. The highest BCUT2D eigenvalue weighted by molar-refractivity contribution is 7.19. The summed E-state index contributed by atoms with van der Waals surface area (Å²) in [4.78, 5) is 30.5. The minimum absolute atomic E-state index is 0.148. The van der Waals surface area contributed by atoms with Gasteiger partial charge in [-0.15, -0.1) is 11.3 Å². The average molecular weight is 363 g/mol. The molecule has 24 heavy (non-hydrogen) atoms. The van der Waals surface area contributed by atoms with Gasteiger partial charge in [-0.2, -0.15) is 0 Å². The fraction of sp³-hybridized carbons (Fsp3) is 0.235. The highest BCUT2D eigenvalue weighted by atomic mass is 35.5. The lowest BCUT2D eigenvalue weighted by Gasteiger charge is -2.06. The van der Waals surface area contributed by atoms with Crippen LogP contribution in [0.2, 0.25) is 5.02 Å². The van der Waals surface area contributed by atoms with E-state index < -0.39 is 5.97 Å². The monoisotopic (exact) mass is 362 g/mol. The summed E-state index contributed by atoms with van der Waals surface area (Å²) in [6, 6.07) is 7.32. The van der Waals surface area contributed by atoms with Gasteiger partial charge in [-0.3, -0.25) is 14.2 Å². The molecule has 0 unspecified atom stereocenters. The molecule has 3 aromatic rings. The fourth-order valence-corrected chi connectivity index (χ4v) is 3.69. The standard InChI is InChI=1S/C17H15ClN2O3S/c1-3-23-13(21)8-20-9-19-16-15(17(20)22)14(10(2)24-16)11-4-6-12(18)7-5-11/h4-7,9H,3,8H2,1-2H3. The number of aryl methyl sites for hydroxylation is 1. The summed E-state index contributed by atoms with van der Waals surface area (Å²) < 4.78 is 6.19. The van der Waals surface area contributed by atoms with Crippen molar-refractivity contribution in [3.63, 3.8) is 0 Å². The van der Waals surface area contributed by atoms with Gasteiger partial charge in [-0.25, -0.2) is 4.98 Å². The first-order valence-electron chi connectivity index (χ1n) is 7.41. The first-order chi connectivity index (χ1) is 11.5. The van der Waals surface area contributed by atoms with Crippen LogP contribution in [0.3, 0.4) is 0 Å². The van der Waals surface area contributed by atoms with Gasteiger partial charge in [0.15, 0.2) is 0 Å². The number of carbonyl (C=O) groups excluding carboxylic acids is 1. The van der Waals surface area contributed by atoms with Gasteiger partial charge in [0, 0.05) is 15.5 Å². The minimum Gasteiger partial charge on any atom is -0.465 e. The van der Waals surface area contributed by atoms with Crippen LogP contribution in [0.5, 0.6) is 0 Å². The molecule has 0 aliphatic heterocycles. The number of halogens is 1. The van der Waals surface area contributed by atoms with Gasteiger partial charge < -0.3 is 4.74 Å². The summed E-state index contributed by atoms with van der Waals surface area (Å²) in [5.41, 5.74) is 1.49. The lowest BCUT2D eigenvalue weighted by Crippen LogP contribution is -2.25. The summed E-state index contributed by atoms with van der Waals surface area (Å²) in [7, 11) is 0. The van der Waals surface area contributed by atoms with Crippen molar-refractivity contribution in [2.75, 3.05) is 6.61 Å². The number of thiophene rings is 1. The molecular formula is C17H15ClN2O3S. The van der Waals surface area contributed by atoms with Crippen molar-refractivity contribution < 1.29 is 9.53 Å². The molecule has 0 radical (unpaired) electrons. The number of nitrogens with zero attached hydrogens (tertiary/aromatic N) is 2. The van der Waals surface area contributed by atoms with Crippen LogP contribution in [0, 0.1) is 6.92 Å². The van der Waals surface area contributed by atoms with Crippen molar-refractivity contribution >= 4 is 39.1 Å². The molecule has 1 aromatic carbocycles. The summed E-state index contributed by atoms with van der Waals surface area (Å²) in [6.07, 6.45) is 1.39. The predicted octanol–water partition coefficient (Wildman–Crippen LogP) is 3.65. The molecule has 0 amide bonds. The molecule has 0 saturated carbocycles. The Hall–Kier alpha value is -2.18. The topological polar surface area (TPSA) is 61.2 Å². The van der Waals surface area contributed by atoms with Crippen molar-refractivity contribution in [1.29, 1.82) is 0 Å². The largest absolute Gasteiger partial charge is 0.465 e.